The van der Waals surface area contributed by atoms with E-state index in [0.29, 0.717) is 6.54 Å². The lowest BCUT2D eigenvalue weighted by molar-refractivity contribution is 0.0478. The van der Waals surface area contributed by atoms with Gasteiger partial charge in [-0.15, -0.1) is 11.3 Å². The molecule has 76 valence electrons. The monoisotopic (exact) mass is 211 g/mol. The van der Waals surface area contributed by atoms with E-state index in [4.69, 9.17) is 0 Å². The van der Waals surface area contributed by atoms with Crippen LogP contribution in [0.2, 0.25) is 0 Å². The second-order valence-corrected chi connectivity index (χ2v) is 4.47. The van der Waals surface area contributed by atoms with Crippen LogP contribution in [0, 0.1) is 0 Å². The van der Waals surface area contributed by atoms with E-state index < -0.39 is 0 Å². The van der Waals surface area contributed by atoms with Crippen molar-refractivity contribution in [3.63, 3.8) is 0 Å². The van der Waals surface area contributed by atoms with E-state index in [1.165, 1.54) is 11.3 Å². The summed E-state index contributed by atoms with van der Waals surface area (Å²) in [6, 6.07) is 3.70. The number of nitrogens with zero attached hydrogens (tertiary/aromatic N) is 1. The summed E-state index contributed by atoms with van der Waals surface area (Å²) in [5.74, 6) is 0.0544. The first-order valence-corrected chi connectivity index (χ1v) is 5.66. The molecule has 1 fully saturated rings. The zero-order chi connectivity index (χ0) is 9.97. The maximum atomic E-state index is 11.8. The summed E-state index contributed by atoms with van der Waals surface area (Å²) in [7, 11) is 0. The number of rotatable bonds is 1. The molecule has 1 amide bonds. The third-order valence-corrected chi connectivity index (χ3v) is 3.27. The van der Waals surface area contributed by atoms with Gasteiger partial charge in [0, 0.05) is 13.1 Å². The van der Waals surface area contributed by atoms with Crippen molar-refractivity contribution in [1.82, 2.24) is 4.90 Å². The van der Waals surface area contributed by atoms with Crippen LogP contribution >= 0.6 is 11.3 Å². The molecule has 0 saturated carbocycles. The molecule has 0 aliphatic carbocycles. The normalized spacial score (nSPS) is 22.4. The number of amides is 1. The zero-order valence-electron chi connectivity index (χ0n) is 7.85. The standard InChI is InChI=1S/C10H13NO2S/c12-8-3-1-5-11(7-8)10(13)9-4-2-6-14-9/h2,4,6,8,12H,1,3,5,7H2. The van der Waals surface area contributed by atoms with E-state index in [1.807, 2.05) is 17.5 Å². The minimum absolute atomic E-state index is 0.0544. The molecule has 0 spiro atoms. The molecule has 1 aromatic heterocycles. The van der Waals surface area contributed by atoms with Gasteiger partial charge in [0.1, 0.15) is 0 Å². The molecule has 0 bridgehead atoms. The van der Waals surface area contributed by atoms with Crippen LogP contribution in [0.3, 0.4) is 0 Å². The molecule has 1 aromatic rings. The van der Waals surface area contributed by atoms with Crippen molar-refractivity contribution in [3.05, 3.63) is 22.4 Å². The summed E-state index contributed by atoms with van der Waals surface area (Å²) < 4.78 is 0. The van der Waals surface area contributed by atoms with Crippen molar-refractivity contribution in [1.29, 1.82) is 0 Å². The fraction of sp³-hybridized carbons (Fsp3) is 0.500. The molecule has 1 N–H and O–H groups in total. The summed E-state index contributed by atoms with van der Waals surface area (Å²) >= 11 is 1.45. The Bertz CT molecular complexity index is 310. The lowest BCUT2D eigenvalue weighted by Crippen LogP contribution is -2.41. The Morgan fingerprint density at radius 3 is 3.14 bits per heavy atom. The molecule has 1 aliphatic rings. The highest BCUT2D eigenvalue weighted by Gasteiger charge is 2.23. The van der Waals surface area contributed by atoms with Gasteiger partial charge in [0.25, 0.3) is 5.91 Å². The Labute approximate surface area is 87.0 Å². The van der Waals surface area contributed by atoms with E-state index in [-0.39, 0.29) is 12.0 Å². The molecule has 4 heteroatoms. The van der Waals surface area contributed by atoms with Crippen LogP contribution in [0.4, 0.5) is 0 Å². The van der Waals surface area contributed by atoms with E-state index in [2.05, 4.69) is 0 Å². The number of thiophene rings is 1. The van der Waals surface area contributed by atoms with E-state index in [0.717, 1.165) is 24.3 Å². The molecular weight excluding hydrogens is 198 g/mol. The largest absolute Gasteiger partial charge is 0.391 e. The molecule has 0 aromatic carbocycles. The lowest BCUT2D eigenvalue weighted by atomic mass is 10.1. The average Bonchev–Trinajstić information content (AvgIpc) is 2.69. The van der Waals surface area contributed by atoms with Gasteiger partial charge in [0.15, 0.2) is 0 Å². The number of carbonyl (C=O) groups is 1. The van der Waals surface area contributed by atoms with E-state index >= 15 is 0 Å². The summed E-state index contributed by atoms with van der Waals surface area (Å²) in [5, 5.41) is 11.3. The summed E-state index contributed by atoms with van der Waals surface area (Å²) in [5.41, 5.74) is 0. The maximum absolute atomic E-state index is 11.8. The second-order valence-electron chi connectivity index (χ2n) is 3.52. The van der Waals surface area contributed by atoms with Gasteiger partial charge in [-0.3, -0.25) is 4.79 Å². The maximum Gasteiger partial charge on any atom is 0.264 e. The van der Waals surface area contributed by atoms with E-state index in [9.17, 15) is 9.90 Å². The highest BCUT2D eigenvalue weighted by Crippen LogP contribution is 2.16. The first-order chi connectivity index (χ1) is 6.77. The first kappa shape index (κ1) is 9.68. The summed E-state index contributed by atoms with van der Waals surface area (Å²) in [4.78, 5) is 14.3. The van der Waals surface area contributed by atoms with Gasteiger partial charge in [0.2, 0.25) is 0 Å². The Balaban J connectivity index is 2.04. The summed E-state index contributed by atoms with van der Waals surface area (Å²) in [6.07, 6.45) is 1.37. The number of carbonyl (C=O) groups excluding carboxylic acids is 1. The second kappa shape index (κ2) is 4.11. The molecule has 3 nitrogen and oxygen atoms in total. The number of piperidine rings is 1. The van der Waals surface area contributed by atoms with Crippen molar-refractivity contribution < 1.29 is 9.90 Å². The van der Waals surface area contributed by atoms with Crippen LogP contribution in [0.5, 0.6) is 0 Å². The number of hydrogen-bond donors (Lipinski definition) is 1. The highest BCUT2D eigenvalue weighted by atomic mass is 32.1. The molecular formula is C10H13NO2S. The quantitative estimate of drug-likeness (QED) is 0.761. The van der Waals surface area contributed by atoms with Crippen LogP contribution in [0.1, 0.15) is 22.5 Å². The van der Waals surface area contributed by atoms with Crippen LogP contribution in [0.25, 0.3) is 0 Å². The number of aliphatic hydroxyl groups is 1. The molecule has 2 rings (SSSR count). The Morgan fingerprint density at radius 2 is 2.50 bits per heavy atom. The average molecular weight is 211 g/mol. The van der Waals surface area contributed by atoms with Crippen LogP contribution in [-0.2, 0) is 0 Å². The van der Waals surface area contributed by atoms with Gasteiger partial charge in [-0.1, -0.05) is 6.07 Å². The van der Waals surface area contributed by atoms with Crippen molar-refractivity contribution in [2.45, 2.75) is 18.9 Å². The summed E-state index contributed by atoms with van der Waals surface area (Å²) in [6.45, 7) is 1.25. The van der Waals surface area contributed by atoms with Gasteiger partial charge in [-0.05, 0) is 24.3 Å². The molecule has 1 atom stereocenters. The molecule has 1 unspecified atom stereocenters. The lowest BCUT2D eigenvalue weighted by Gasteiger charge is -2.29. The first-order valence-electron chi connectivity index (χ1n) is 4.78. The van der Waals surface area contributed by atoms with Crippen LogP contribution in [-0.4, -0.2) is 35.1 Å². The highest BCUT2D eigenvalue weighted by molar-refractivity contribution is 7.12. The Kier molecular flexibility index (Phi) is 2.84. The van der Waals surface area contributed by atoms with Gasteiger partial charge in [-0.2, -0.15) is 0 Å². The predicted octanol–water partition coefficient (Wildman–Crippen LogP) is 1.34. The van der Waals surface area contributed by atoms with Gasteiger partial charge in [0.05, 0.1) is 11.0 Å². The van der Waals surface area contributed by atoms with Gasteiger partial charge >= 0.3 is 0 Å². The van der Waals surface area contributed by atoms with Crippen molar-refractivity contribution in [2.75, 3.05) is 13.1 Å². The molecule has 1 saturated heterocycles. The Morgan fingerprint density at radius 1 is 1.64 bits per heavy atom. The molecule has 2 heterocycles. The van der Waals surface area contributed by atoms with Crippen molar-refractivity contribution >= 4 is 17.2 Å². The van der Waals surface area contributed by atoms with Crippen molar-refractivity contribution in [3.8, 4) is 0 Å². The van der Waals surface area contributed by atoms with E-state index in [1.54, 1.807) is 4.90 Å². The fourth-order valence-corrected chi connectivity index (χ4v) is 2.39. The van der Waals surface area contributed by atoms with Gasteiger partial charge < -0.3 is 10.0 Å². The molecule has 1 aliphatic heterocycles. The number of β-amino-alcohol motifs (C(OH)–C–C–N with tert-alkyl or cyclic N) is 1. The van der Waals surface area contributed by atoms with Crippen LogP contribution < -0.4 is 0 Å². The zero-order valence-corrected chi connectivity index (χ0v) is 8.67. The third-order valence-electron chi connectivity index (χ3n) is 2.42. The number of likely N-dealkylation sites (tertiary alicyclic amines) is 1. The molecule has 14 heavy (non-hydrogen) atoms. The fourth-order valence-electron chi connectivity index (χ4n) is 1.70. The number of aliphatic hydroxyl groups excluding tert-OH is 1. The van der Waals surface area contributed by atoms with Crippen LogP contribution in [0.15, 0.2) is 17.5 Å². The predicted molar refractivity (Wildman–Crippen MR) is 55.5 cm³/mol. The van der Waals surface area contributed by atoms with Gasteiger partial charge in [-0.25, -0.2) is 0 Å². The smallest absolute Gasteiger partial charge is 0.264 e. The topological polar surface area (TPSA) is 40.5 Å². The number of hydrogen-bond acceptors (Lipinski definition) is 3. The van der Waals surface area contributed by atoms with Crippen molar-refractivity contribution in [2.24, 2.45) is 0 Å². The minimum Gasteiger partial charge on any atom is -0.391 e. The minimum atomic E-state index is -0.340. The SMILES string of the molecule is O=C(c1cccs1)N1CCCC(O)C1. The Hall–Kier alpha value is -0.870. The molecule has 0 radical (unpaired) electrons. The third kappa shape index (κ3) is 1.96.